The molecule has 4 aromatic rings. The third kappa shape index (κ3) is 5.39. The smallest absolute Gasteiger partial charge is 0.241 e. The lowest BCUT2D eigenvalue weighted by molar-refractivity contribution is 0.104. The zero-order valence-corrected chi connectivity index (χ0v) is 20.1. The maximum atomic E-state index is 13.5. The van der Waals surface area contributed by atoms with E-state index in [1.54, 1.807) is 43.5 Å². The number of benzene rings is 3. The molecule has 34 heavy (non-hydrogen) atoms. The molecule has 0 amide bonds. The van der Waals surface area contributed by atoms with Crippen molar-refractivity contribution >= 4 is 38.0 Å². The Morgan fingerprint density at radius 3 is 2.47 bits per heavy atom. The maximum Gasteiger partial charge on any atom is 0.241 e. The van der Waals surface area contributed by atoms with Gasteiger partial charge in [-0.05, 0) is 54.8 Å². The first-order valence-corrected chi connectivity index (χ1v) is 12.7. The number of nitrogens with one attached hydrogen (secondary N) is 2. The molecule has 174 valence electrons. The van der Waals surface area contributed by atoms with Gasteiger partial charge in [-0.1, -0.05) is 53.8 Å². The van der Waals surface area contributed by atoms with Crippen molar-refractivity contribution in [1.29, 1.82) is 0 Å². The summed E-state index contributed by atoms with van der Waals surface area (Å²) in [6, 6.07) is 18.2. The van der Waals surface area contributed by atoms with Gasteiger partial charge in [-0.2, -0.15) is 0 Å². The van der Waals surface area contributed by atoms with Crippen LogP contribution >= 0.6 is 11.3 Å². The number of rotatable bonds is 8. The van der Waals surface area contributed by atoms with Gasteiger partial charge in [0.15, 0.2) is 5.13 Å². The molecule has 0 aliphatic rings. The lowest BCUT2D eigenvalue weighted by Crippen LogP contribution is -2.24. The molecular formula is C25H22FN3O3S2. The van der Waals surface area contributed by atoms with Crippen molar-refractivity contribution in [3.63, 3.8) is 0 Å². The molecule has 1 heterocycles. The van der Waals surface area contributed by atoms with Gasteiger partial charge in [-0.25, -0.2) is 22.5 Å². The second-order valence-corrected chi connectivity index (χ2v) is 10.5. The lowest BCUT2D eigenvalue weighted by atomic mass is 10.0. The standard InChI is InChI=1S/C25H22FN3O3S2/c1-16-5-3-4-6-21(16)24(30)22-15-27-25(33-22)29-20-11-8-18(9-12-20)14-28-34(31,32)23-13-19(26)10-7-17(23)2/h3-13,15,28H,14H2,1-2H3,(H,27,29). The summed E-state index contributed by atoms with van der Waals surface area (Å²) in [6.07, 6.45) is 1.55. The van der Waals surface area contributed by atoms with Crippen molar-refractivity contribution < 1.29 is 17.6 Å². The zero-order valence-electron chi connectivity index (χ0n) is 18.5. The van der Waals surface area contributed by atoms with Crippen LogP contribution in [-0.4, -0.2) is 19.2 Å². The monoisotopic (exact) mass is 495 g/mol. The van der Waals surface area contributed by atoms with Crippen LogP contribution in [-0.2, 0) is 16.6 Å². The largest absolute Gasteiger partial charge is 0.332 e. The third-order valence-corrected chi connectivity index (χ3v) is 7.69. The molecule has 0 radical (unpaired) electrons. The second kappa shape index (κ2) is 9.84. The minimum atomic E-state index is -3.85. The summed E-state index contributed by atoms with van der Waals surface area (Å²) >= 11 is 1.26. The molecule has 6 nitrogen and oxygen atoms in total. The van der Waals surface area contributed by atoms with Gasteiger partial charge in [0.1, 0.15) is 5.82 Å². The van der Waals surface area contributed by atoms with Crippen LogP contribution in [0.25, 0.3) is 0 Å². The summed E-state index contributed by atoms with van der Waals surface area (Å²) in [7, 11) is -3.85. The Morgan fingerprint density at radius 2 is 1.74 bits per heavy atom. The van der Waals surface area contributed by atoms with Crippen molar-refractivity contribution in [3.8, 4) is 0 Å². The Balaban J connectivity index is 1.40. The van der Waals surface area contributed by atoms with E-state index in [2.05, 4.69) is 15.0 Å². The SMILES string of the molecule is Cc1ccccc1C(=O)c1cnc(Nc2ccc(CNS(=O)(=O)c3cc(F)ccc3C)cc2)s1. The van der Waals surface area contributed by atoms with Crippen LogP contribution in [0.4, 0.5) is 15.2 Å². The predicted molar refractivity (Wildman–Crippen MR) is 132 cm³/mol. The first-order chi connectivity index (χ1) is 16.2. The van der Waals surface area contributed by atoms with Gasteiger partial charge < -0.3 is 5.32 Å². The van der Waals surface area contributed by atoms with E-state index in [9.17, 15) is 17.6 Å². The molecule has 0 bridgehead atoms. The molecule has 0 fully saturated rings. The summed E-state index contributed by atoms with van der Waals surface area (Å²) in [5.41, 5.74) is 3.51. The number of hydrogen-bond donors (Lipinski definition) is 2. The number of sulfonamides is 1. The van der Waals surface area contributed by atoms with Gasteiger partial charge in [-0.15, -0.1) is 0 Å². The number of nitrogens with zero attached hydrogens (tertiary/aromatic N) is 1. The molecule has 0 unspecified atom stereocenters. The molecule has 2 N–H and O–H groups in total. The van der Waals surface area contributed by atoms with Crippen LogP contribution in [0.2, 0.25) is 0 Å². The van der Waals surface area contributed by atoms with E-state index in [0.717, 1.165) is 22.9 Å². The molecule has 0 aliphatic heterocycles. The molecule has 9 heteroatoms. The van der Waals surface area contributed by atoms with E-state index in [-0.39, 0.29) is 17.2 Å². The fraction of sp³-hybridized carbons (Fsp3) is 0.120. The van der Waals surface area contributed by atoms with Crippen LogP contribution in [0.1, 0.15) is 31.9 Å². The molecular weight excluding hydrogens is 473 g/mol. The Bertz CT molecular complexity index is 1450. The maximum absolute atomic E-state index is 13.5. The van der Waals surface area contributed by atoms with Crippen LogP contribution in [0.15, 0.2) is 77.8 Å². The summed E-state index contributed by atoms with van der Waals surface area (Å²) in [5.74, 6) is -0.674. The average Bonchev–Trinajstić information content (AvgIpc) is 3.28. The number of halogens is 1. The van der Waals surface area contributed by atoms with Crippen molar-refractivity contribution in [2.45, 2.75) is 25.3 Å². The van der Waals surface area contributed by atoms with Crippen LogP contribution in [0.5, 0.6) is 0 Å². The quantitative estimate of drug-likeness (QED) is 0.322. The highest BCUT2D eigenvalue weighted by atomic mass is 32.2. The average molecular weight is 496 g/mol. The van der Waals surface area contributed by atoms with Crippen molar-refractivity contribution in [1.82, 2.24) is 9.71 Å². The normalized spacial score (nSPS) is 11.4. The highest BCUT2D eigenvalue weighted by Crippen LogP contribution is 2.26. The molecule has 3 aromatic carbocycles. The fourth-order valence-electron chi connectivity index (χ4n) is 3.35. The van der Waals surface area contributed by atoms with Gasteiger partial charge in [0.2, 0.25) is 15.8 Å². The number of thiazole rings is 1. The number of ketones is 1. The number of anilines is 2. The van der Waals surface area contributed by atoms with Gasteiger partial charge in [-0.3, -0.25) is 4.79 Å². The molecule has 0 saturated heterocycles. The Morgan fingerprint density at radius 1 is 1.00 bits per heavy atom. The fourth-order valence-corrected chi connectivity index (χ4v) is 5.41. The number of hydrogen-bond acceptors (Lipinski definition) is 6. The van der Waals surface area contributed by atoms with Gasteiger partial charge >= 0.3 is 0 Å². The van der Waals surface area contributed by atoms with Gasteiger partial charge in [0.05, 0.1) is 16.0 Å². The first kappa shape index (κ1) is 23.7. The second-order valence-electron chi connectivity index (χ2n) is 7.73. The van der Waals surface area contributed by atoms with E-state index in [1.165, 1.54) is 23.5 Å². The molecule has 1 aromatic heterocycles. The molecule has 0 aliphatic carbocycles. The highest BCUT2D eigenvalue weighted by molar-refractivity contribution is 7.89. The van der Waals surface area contributed by atoms with Crippen molar-refractivity contribution in [2.24, 2.45) is 0 Å². The van der Waals surface area contributed by atoms with Gasteiger partial charge in [0, 0.05) is 17.8 Å². The van der Waals surface area contributed by atoms with Crippen LogP contribution in [0, 0.1) is 19.7 Å². The Hall–Kier alpha value is -3.40. The van der Waals surface area contributed by atoms with E-state index in [1.807, 2.05) is 25.1 Å². The number of carbonyl (C=O) groups excluding carboxylic acids is 1. The third-order valence-electron chi connectivity index (χ3n) is 5.23. The highest BCUT2D eigenvalue weighted by Gasteiger charge is 2.18. The zero-order chi connectivity index (χ0) is 24.3. The predicted octanol–water partition coefficient (Wildman–Crippen LogP) is 5.35. The molecule has 0 atom stereocenters. The topological polar surface area (TPSA) is 88.2 Å². The van der Waals surface area contributed by atoms with E-state index >= 15 is 0 Å². The number of aromatic nitrogens is 1. The van der Waals surface area contributed by atoms with Gasteiger partial charge in [0.25, 0.3) is 0 Å². The Kier molecular flexibility index (Phi) is 6.87. The lowest BCUT2D eigenvalue weighted by Gasteiger charge is -2.10. The van der Waals surface area contributed by atoms with E-state index in [4.69, 9.17) is 0 Å². The van der Waals surface area contributed by atoms with Crippen molar-refractivity contribution in [2.75, 3.05) is 5.32 Å². The van der Waals surface area contributed by atoms with E-state index in [0.29, 0.717) is 21.1 Å². The van der Waals surface area contributed by atoms with Crippen molar-refractivity contribution in [3.05, 3.63) is 106 Å². The summed E-state index contributed by atoms with van der Waals surface area (Å²) in [6.45, 7) is 3.58. The molecule has 4 rings (SSSR count). The first-order valence-electron chi connectivity index (χ1n) is 10.4. The molecule has 0 spiro atoms. The molecule has 0 saturated carbocycles. The van der Waals surface area contributed by atoms with Crippen LogP contribution in [0.3, 0.4) is 0 Å². The summed E-state index contributed by atoms with van der Waals surface area (Å²) in [4.78, 5) is 17.5. The Labute approximate surface area is 201 Å². The summed E-state index contributed by atoms with van der Waals surface area (Å²) < 4.78 is 41.1. The number of carbonyl (C=O) groups is 1. The van der Waals surface area contributed by atoms with Crippen LogP contribution < -0.4 is 10.0 Å². The number of aryl methyl sites for hydroxylation is 2. The summed E-state index contributed by atoms with van der Waals surface area (Å²) in [5, 5.41) is 3.74. The minimum Gasteiger partial charge on any atom is -0.332 e. The van der Waals surface area contributed by atoms with E-state index < -0.39 is 15.8 Å². The minimum absolute atomic E-state index is 0.0604.